The molecule has 0 aromatic carbocycles. The van der Waals surface area contributed by atoms with Crippen LogP contribution in [-0.4, -0.2) is 42.8 Å². The summed E-state index contributed by atoms with van der Waals surface area (Å²) in [5.41, 5.74) is 0. The molecule has 4 nitrogen and oxygen atoms in total. The van der Waals surface area contributed by atoms with E-state index in [4.69, 9.17) is 0 Å². The van der Waals surface area contributed by atoms with Gasteiger partial charge in [0, 0.05) is 18.5 Å². The summed E-state index contributed by atoms with van der Waals surface area (Å²) in [6.07, 6.45) is 4.98. The fourth-order valence-electron chi connectivity index (χ4n) is 3.37. The molecule has 2 saturated heterocycles. The molecule has 2 heterocycles. The molecule has 16 heavy (non-hydrogen) atoms. The number of amides is 1. The lowest BCUT2D eigenvalue weighted by Crippen LogP contribution is -2.46. The number of fused-ring (bicyclic) bond motifs is 2. The second kappa shape index (κ2) is 3.45. The molecule has 1 amide bonds. The van der Waals surface area contributed by atoms with Crippen molar-refractivity contribution in [3.05, 3.63) is 0 Å². The number of carbonyl (C=O) groups excluding carboxylic acids is 1. The maximum absolute atomic E-state index is 12.2. The van der Waals surface area contributed by atoms with Crippen molar-refractivity contribution in [2.45, 2.75) is 43.4 Å². The molecule has 0 radical (unpaired) electrons. The van der Waals surface area contributed by atoms with E-state index in [-0.39, 0.29) is 28.9 Å². The first kappa shape index (κ1) is 10.6. The predicted molar refractivity (Wildman–Crippen MR) is 59.7 cm³/mol. The van der Waals surface area contributed by atoms with Crippen molar-refractivity contribution in [2.24, 2.45) is 5.92 Å². The molecule has 2 unspecified atom stereocenters. The second-order valence-electron chi connectivity index (χ2n) is 5.31. The molecule has 2 aliphatic heterocycles. The number of rotatable bonds is 1. The number of nitrogens with zero attached hydrogens (tertiary/aromatic N) is 1. The Hall–Kier alpha value is -0.580. The zero-order valence-corrected chi connectivity index (χ0v) is 10.1. The standard InChI is InChI=1S/C11H17NO3S/c13-11(8-3-1-2-4-8)12-6-10-5-9(12)7-16(10,14)15/h8-10H,1-7H2. The molecule has 0 spiro atoms. The van der Waals surface area contributed by atoms with Gasteiger partial charge in [-0.25, -0.2) is 8.42 Å². The Balaban J connectivity index is 1.73. The summed E-state index contributed by atoms with van der Waals surface area (Å²) in [5.74, 6) is 0.609. The van der Waals surface area contributed by atoms with Crippen LogP contribution in [0.2, 0.25) is 0 Å². The van der Waals surface area contributed by atoms with Crippen LogP contribution < -0.4 is 0 Å². The Bertz CT molecular complexity index is 411. The largest absolute Gasteiger partial charge is 0.337 e. The Morgan fingerprint density at radius 3 is 2.38 bits per heavy atom. The van der Waals surface area contributed by atoms with Crippen molar-refractivity contribution in [3.8, 4) is 0 Å². The Morgan fingerprint density at radius 1 is 1.19 bits per heavy atom. The van der Waals surface area contributed by atoms with Crippen LogP contribution in [-0.2, 0) is 14.6 Å². The van der Waals surface area contributed by atoms with Crippen molar-refractivity contribution in [1.29, 1.82) is 0 Å². The number of hydrogen-bond acceptors (Lipinski definition) is 3. The van der Waals surface area contributed by atoms with Gasteiger partial charge in [0.15, 0.2) is 9.84 Å². The molecule has 1 aliphatic carbocycles. The monoisotopic (exact) mass is 243 g/mol. The minimum atomic E-state index is -2.87. The fraction of sp³-hybridized carbons (Fsp3) is 0.909. The molecule has 0 N–H and O–H groups in total. The smallest absolute Gasteiger partial charge is 0.226 e. The zero-order valence-electron chi connectivity index (χ0n) is 9.26. The predicted octanol–water partition coefficient (Wildman–Crippen LogP) is 0.575. The van der Waals surface area contributed by atoms with E-state index in [1.165, 1.54) is 0 Å². The van der Waals surface area contributed by atoms with Crippen LogP contribution in [0.1, 0.15) is 32.1 Å². The highest BCUT2D eigenvalue weighted by atomic mass is 32.2. The van der Waals surface area contributed by atoms with Crippen LogP contribution in [0.4, 0.5) is 0 Å². The van der Waals surface area contributed by atoms with Gasteiger partial charge in [0.1, 0.15) is 0 Å². The van der Waals surface area contributed by atoms with E-state index in [1.54, 1.807) is 0 Å². The first-order chi connectivity index (χ1) is 7.58. The molecule has 3 rings (SSSR count). The third kappa shape index (κ3) is 1.48. The first-order valence-corrected chi connectivity index (χ1v) is 7.81. The Morgan fingerprint density at radius 2 is 1.88 bits per heavy atom. The van der Waals surface area contributed by atoms with Crippen molar-refractivity contribution < 1.29 is 13.2 Å². The SMILES string of the molecule is O=C(C1CCCC1)N1CC2CC1CS2(=O)=O. The summed E-state index contributed by atoms with van der Waals surface area (Å²) < 4.78 is 23.1. The lowest BCUT2D eigenvalue weighted by Gasteiger charge is -2.29. The number of hydrogen-bond donors (Lipinski definition) is 0. The number of carbonyl (C=O) groups is 1. The minimum absolute atomic E-state index is 0.0110. The Labute approximate surface area is 95.9 Å². The quantitative estimate of drug-likeness (QED) is 0.676. The van der Waals surface area contributed by atoms with Crippen LogP contribution >= 0.6 is 0 Å². The molecular formula is C11H17NO3S. The van der Waals surface area contributed by atoms with E-state index in [0.717, 1.165) is 25.7 Å². The molecule has 0 aromatic heterocycles. The van der Waals surface area contributed by atoms with Crippen LogP contribution in [0.3, 0.4) is 0 Å². The Kier molecular flexibility index (Phi) is 2.28. The van der Waals surface area contributed by atoms with Crippen LogP contribution in [0.15, 0.2) is 0 Å². The van der Waals surface area contributed by atoms with E-state index in [1.807, 2.05) is 4.90 Å². The number of likely N-dealkylation sites (tertiary alicyclic amines) is 1. The molecule has 1 saturated carbocycles. The summed E-state index contributed by atoms with van der Waals surface area (Å²) in [6, 6.07) is -0.0110. The first-order valence-electron chi connectivity index (χ1n) is 6.10. The van der Waals surface area contributed by atoms with Crippen molar-refractivity contribution in [2.75, 3.05) is 12.3 Å². The summed E-state index contributed by atoms with van der Waals surface area (Å²) >= 11 is 0. The van der Waals surface area contributed by atoms with Crippen molar-refractivity contribution in [1.82, 2.24) is 4.90 Å². The van der Waals surface area contributed by atoms with Crippen LogP contribution in [0, 0.1) is 5.92 Å². The molecule has 90 valence electrons. The van der Waals surface area contributed by atoms with Crippen LogP contribution in [0.5, 0.6) is 0 Å². The lowest BCUT2D eigenvalue weighted by atomic mass is 10.1. The average Bonchev–Trinajstić information content (AvgIpc) is 2.88. The van der Waals surface area contributed by atoms with Gasteiger partial charge in [0.05, 0.1) is 11.0 Å². The van der Waals surface area contributed by atoms with Crippen molar-refractivity contribution in [3.63, 3.8) is 0 Å². The highest BCUT2D eigenvalue weighted by Crippen LogP contribution is 2.36. The van der Waals surface area contributed by atoms with Gasteiger partial charge < -0.3 is 4.90 Å². The maximum Gasteiger partial charge on any atom is 0.226 e. The van der Waals surface area contributed by atoms with Gasteiger partial charge in [0.25, 0.3) is 0 Å². The second-order valence-corrected chi connectivity index (χ2v) is 7.64. The molecule has 0 aromatic rings. The minimum Gasteiger partial charge on any atom is -0.337 e. The highest BCUT2D eigenvalue weighted by molar-refractivity contribution is 7.92. The van der Waals surface area contributed by atoms with E-state index in [9.17, 15) is 13.2 Å². The molecule has 2 atom stereocenters. The average molecular weight is 243 g/mol. The summed E-state index contributed by atoms with van der Waals surface area (Å²) in [6.45, 7) is 0.461. The van der Waals surface area contributed by atoms with Crippen molar-refractivity contribution >= 4 is 15.7 Å². The molecule has 3 aliphatic rings. The third-order valence-electron chi connectivity index (χ3n) is 4.30. The normalized spacial score (nSPS) is 37.1. The van der Waals surface area contributed by atoms with Gasteiger partial charge >= 0.3 is 0 Å². The van der Waals surface area contributed by atoms with E-state index in [2.05, 4.69) is 0 Å². The summed E-state index contributed by atoms with van der Waals surface area (Å²) in [7, 11) is -2.87. The van der Waals surface area contributed by atoms with Crippen LogP contribution in [0.25, 0.3) is 0 Å². The van der Waals surface area contributed by atoms with Gasteiger partial charge in [-0.2, -0.15) is 0 Å². The lowest BCUT2D eigenvalue weighted by molar-refractivity contribution is -0.135. The number of sulfone groups is 1. The highest BCUT2D eigenvalue weighted by Gasteiger charge is 2.50. The van der Waals surface area contributed by atoms with E-state index in [0.29, 0.717) is 13.0 Å². The summed E-state index contributed by atoms with van der Waals surface area (Å²) in [4.78, 5) is 14.0. The third-order valence-corrected chi connectivity index (χ3v) is 6.50. The van der Waals surface area contributed by atoms with Gasteiger partial charge in [-0.15, -0.1) is 0 Å². The van der Waals surface area contributed by atoms with Gasteiger partial charge in [-0.05, 0) is 19.3 Å². The van der Waals surface area contributed by atoms with Gasteiger partial charge in [-0.1, -0.05) is 12.8 Å². The molecule has 3 fully saturated rings. The topological polar surface area (TPSA) is 54.5 Å². The van der Waals surface area contributed by atoms with Gasteiger partial charge in [0.2, 0.25) is 5.91 Å². The summed E-state index contributed by atoms with van der Waals surface area (Å²) in [5, 5.41) is -0.261. The fourth-order valence-corrected chi connectivity index (χ4v) is 5.40. The van der Waals surface area contributed by atoms with E-state index >= 15 is 0 Å². The molecule has 2 bridgehead atoms. The molecule has 5 heteroatoms. The van der Waals surface area contributed by atoms with Gasteiger partial charge in [-0.3, -0.25) is 4.79 Å². The zero-order chi connectivity index (χ0) is 11.3. The molecular weight excluding hydrogens is 226 g/mol. The maximum atomic E-state index is 12.2. The van der Waals surface area contributed by atoms with E-state index < -0.39 is 9.84 Å².